The van der Waals surface area contributed by atoms with Gasteiger partial charge in [-0.3, -0.25) is 15.6 Å². The van der Waals surface area contributed by atoms with Gasteiger partial charge in [-0.15, -0.1) is 11.3 Å². The number of hydrogen-bond acceptors (Lipinski definition) is 3. The molecular weight excluding hydrogens is 311 g/mol. The summed E-state index contributed by atoms with van der Waals surface area (Å²) in [5, 5.41) is 1.24. The summed E-state index contributed by atoms with van der Waals surface area (Å²) in [5.74, 6) is -0.843. The molecular formula is C15H10ClFN2OS. The van der Waals surface area contributed by atoms with E-state index in [0.29, 0.717) is 9.90 Å². The summed E-state index contributed by atoms with van der Waals surface area (Å²) in [6.07, 6.45) is 0. The Bertz CT molecular complexity index is 818. The van der Waals surface area contributed by atoms with Crippen LogP contribution >= 0.6 is 22.9 Å². The maximum absolute atomic E-state index is 13.5. The highest BCUT2D eigenvalue weighted by Gasteiger charge is 2.16. The molecule has 106 valence electrons. The predicted molar refractivity (Wildman–Crippen MR) is 84.3 cm³/mol. The van der Waals surface area contributed by atoms with Gasteiger partial charge < -0.3 is 0 Å². The van der Waals surface area contributed by atoms with Crippen LogP contribution in [0.4, 0.5) is 10.1 Å². The lowest BCUT2D eigenvalue weighted by atomic mass is 10.2. The molecule has 1 aromatic heterocycles. The average Bonchev–Trinajstić information content (AvgIpc) is 2.84. The Labute approximate surface area is 129 Å². The monoisotopic (exact) mass is 320 g/mol. The van der Waals surface area contributed by atoms with E-state index in [1.165, 1.54) is 23.5 Å². The number of hydrogen-bond donors (Lipinski definition) is 2. The maximum Gasteiger partial charge on any atom is 0.281 e. The molecule has 0 saturated carbocycles. The van der Waals surface area contributed by atoms with Crippen molar-refractivity contribution in [1.82, 2.24) is 5.43 Å². The van der Waals surface area contributed by atoms with Gasteiger partial charge in [0.15, 0.2) is 0 Å². The van der Waals surface area contributed by atoms with E-state index in [2.05, 4.69) is 10.9 Å². The molecule has 21 heavy (non-hydrogen) atoms. The molecule has 1 amide bonds. The third-order valence-corrected chi connectivity index (χ3v) is 4.60. The Morgan fingerprint density at radius 3 is 2.57 bits per heavy atom. The summed E-state index contributed by atoms with van der Waals surface area (Å²) in [6.45, 7) is 0. The average molecular weight is 321 g/mol. The number of benzene rings is 2. The van der Waals surface area contributed by atoms with Crippen LogP contribution in [0.1, 0.15) is 9.67 Å². The van der Waals surface area contributed by atoms with Crippen LogP contribution < -0.4 is 10.9 Å². The van der Waals surface area contributed by atoms with Crippen molar-refractivity contribution >= 4 is 44.6 Å². The van der Waals surface area contributed by atoms with Crippen molar-refractivity contribution in [1.29, 1.82) is 0 Å². The number of amides is 1. The Balaban J connectivity index is 1.81. The fraction of sp³-hybridized carbons (Fsp3) is 0. The molecule has 0 saturated heterocycles. The number of hydrazine groups is 1. The minimum absolute atomic E-state index is 0.197. The second-order valence-electron chi connectivity index (χ2n) is 4.30. The van der Waals surface area contributed by atoms with Crippen LogP contribution in [0.3, 0.4) is 0 Å². The predicted octanol–water partition coefficient (Wildman–Crippen LogP) is 4.45. The van der Waals surface area contributed by atoms with Crippen molar-refractivity contribution in [2.45, 2.75) is 0 Å². The highest BCUT2D eigenvalue weighted by molar-refractivity contribution is 7.21. The zero-order chi connectivity index (χ0) is 14.8. The fourth-order valence-corrected chi connectivity index (χ4v) is 3.32. The highest BCUT2D eigenvalue weighted by atomic mass is 35.5. The van der Waals surface area contributed by atoms with Crippen LogP contribution in [0.2, 0.25) is 5.02 Å². The smallest absolute Gasteiger partial charge is 0.281 e. The molecule has 3 aromatic rings. The third-order valence-electron chi connectivity index (χ3n) is 2.93. The number of halogens is 2. The number of nitrogens with one attached hydrogen (secondary N) is 2. The minimum Gasteiger partial charge on any atom is -0.295 e. The molecule has 0 aliphatic heterocycles. The molecule has 0 aliphatic rings. The summed E-state index contributed by atoms with van der Waals surface area (Å²) < 4.78 is 14.4. The summed E-state index contributed by atoms with van der Waals surface area (Å²) in [6, 6.07) is 13.6. The second-order valence-corrected chi connectivity index (χ2v) is 5.73. The first-order valence-electron chi connectivity index (χ1n) is 6.15. The van der Waals surface area contributed by atoms with Crippen LogP contribution in [0.15, 0.2) is 48.5 Å². The van der Waals surface area contributed by atoms with Gasteiger partial charge in [-0.25, -0.2) is 4.39 Å². The molecule has 2 N–H and O–H groups in total. The number of rotatable bonds is 3. The molecule has 0 aliphatic carbocycles. The van der Waals surface area contributed by atoms with Gasteiger partial charge in [-0.2, -0.15) is 0 Å². The van der Waals surface area contributed by atoms with Gasteiger partial charge in [0.2, 0.25) is 0 Å². The zero-order valence-electron chi connectivity index (χ0n) is 10.7. The largest absolute Gasteiger partial charge is 0.295 e. The first-order valence-corrected chi connectivity index (χ1v) is 7.34. The Kier molecular flexibility index (Phi) is 3.77. The van der Waals surface area contributed by atoms with E-state index in [4.69, 9.17) is 11.6 Å². The van der Waals surface area contributed by atoms with Crippen molar-refractivity contribution in [3.8, 4) is 0 Å². The summed E-state index contributed by atoms with van der Waals surface area (Å²) in [5.41, 5.74) is 5.21. The molecule has 0 radical (unpaired) electrons. The molecule has 0 unspecified atom stereocenters. The quantitative estimate of drug-likeness (QED) is 0.700. The van der Waals surface area contributed by atoms with Crippen LogP contribution in [0.25, 0.3) is 10.1 Å². The molecule has 6 heteroatoms. The Morgan fingerprint density at radius 2 is 1.81 bits per heavy atom. The normalized spacial score (nSPS) is 10.6. The highest BCUT2D eigenvalue weighted by Crippen LogP contribution is 2.34. The van der Waals surface area contributed by atoms with Gasteiger partial charge in [0.25, 0.3) is 5.91 Å². The minimum atomic E-state index is -0.444. The summed E-state index contributed by atoms with van der Waals surface area (Å²) >= 11 is 7.51. The first-order chi connectivity index (χ1) is 10.2. The van der Waals surface area contributed by atoms with Crippen molar-refractivity contribution in [3.05, 3.63) is 64.2 Å². The second kappa shape index (κ2) is 5.71. The van der Waals surface area contributed by atoms with Crippen molar-refractivity contribution in [2.24, 2.45) is 0 Å². The Morgan fingerprint density at radius 1 is 1.10 bits per heavy atom. The van der Waals surface area contributed by atoms with Gasteiger partial charge in [-0.1, -0.05) is 41.9 Å². The van der Waals surface area contributed by atoms with Crippen molar-refractivity contribution in [2.75, 3.05) is 5.43 Å². The lowest BCUT2D eigenvalue weighted by Gasteiger charge is -2.08. The molecule has 3 nitrogen and oxygen atoms in total. The van der Waals surface area contributed by atoms with Crippen molar-refractivity contribution < 1.29 is 9.18 Å². The van der Waals surface area contributed by atoms with E-state index >= 15 is 0 Å². The van der Waals surface area contributed by atoms with E-state index in [9.17, 15) is 9.18 Å². The SMILES string of the molecule is O=C(NNc1ccccc1F)c1sc2ccccc2c1Cl. The number of carbonyl (C=O) groups excluding carboxylic acids is 1. The standard InChI is InChI=1S/C15H10ClFN2OS/c16-13-9-5-1-4-8-12(9)21-14(13)15(20)19-18-11-7-3-2-6-10(11)17/h1-8,18H,(H,19,20). The zero-order valence-corrected chi connectivity index (χ0v) is 12.3. The molecule has 1 heterocycles. The fourth-order valence-electron chi connectivity index (χ4n) is 1.90. The molecule has 0 fully saturated rings. The summed E-state index contributed by atoms with van der Waals surface area (Å²) in [4.78, 5) is 12.5. The molecule has 3 rings (SSSR count). The van der Waals surface area contributed by atoms with E-state index in [1.54, 1.807) is 12.1 Å². The van der Waals surface area contributed by atoms with Crippen LogP contribution in [-0.4, -0.2) is 5.91 Å². The van der Waals surface area contributed by atoms with Gasteiger partial charge in [0.05, 0.1) is 10.7 Å². The Hall–Kier alpha value is -2.11. The number of carbonyl (C=O) groups is 1. The summed E-state index contributed by atoms with van der Waals surface area (Å²) in [7, 11) is 0. The van der Waals surface area contributed by atoms with Crippen LogP contribution in [-0.2, 0) is 0 Å². The first kappa shape index (κ1) is 13.9. The van der Waals surface area contributed by atoms with E-state index in [-0.39, 0.29) is 5.69 Å². The van der Waals surface area contributed by atoms with E-state index in [0.717, 1.165) is 10.1 Å². The molecule has 0 bridgehead atoms. The lowest BCUT2D eigenvalue weighted by Crippen LogP contribution is -2.29. The maximum atomic E-state index is 13.5. The van der Waals surface area contributed by atoms with E-state index in [1.807, 2.05) is 24.3 Å². The number of thiophene rings is 1. The number of anilines is 1. The van der Waals surface area contributed by atoms with E-state index < -0.39 is 11.7 Å². The third kappa shape index (κ3) is 2.70. The van der Waals surface area contributed by atoms with Gasteiger partial charge >= 0.3 is 0 Å². The van der Waals surface area contributed by atoms with Gasteiger partial charge in [-0.05, 0) is 18.2 Å². The van der Waals surface area contributed by atoms with Gasteiger partial charge in [0, 0.05) is 10.1 Å². The van der Waals surface area contributed by atoms with Crippen molar-refractivity contribution in [3.63, 3.8) is 0 Å². The van der Waals surface area contributed by atoms with Gasteiger partial charge in [0.1, 0.15) is 10.7 Å². The number of fused-ring (bicyclic) bond motifs is 1. The molecule has 2 aromatic carbocycles. The van der Waals surface area contributed by atoms with Crippen LogP contribution in [0, 0.1) is 5.82 Å². The topological polar surface area (TPSA) is 41.1 Å². The molecule has 0 spiro atoms. The lowest BCUT2D eigenvalue weighted by molar-refractivity contribution is 0.0967. The number of para-hydroxylation sites is 1. The van der Waals surface area contributed by atoms with Crippen LogP contribution in [0.5, 0.6) is 0 Å². The molecule has 0 atom stereocenters.